The van der Waals surface area contributed by atoms with Gasteiger partial charge in [-0.05, 0) is 54.8 Å². The zero-order valence-electron chi connectivity index (χ0n) is 17.2. The first-order chi connectivity index (χ1) is 15.9. The zero-order chi connectivity index (χ0) is 23.0. The SMILES string of the molecule is Cc1ccc(S(=O)(=O)Nc2nc3ccc(NC(=O)c4cc(-c5cccs5)[nH]n4)cc3s2)cc1. The van der Waals surface area contributed by atoms with E-state index in [9.17, 15) is 13.2 Å². The highest BCUT2D eigenvalue weighted by Gasteiger charge is 2.17. The number of carbonyl (C=O) groups excluding carboxylic acids is 1. The Bertz CT molecular complexity index is 1550. The molecule has 0 aliphatic heterocycles. The minimum Gasteiger partial charge on any atom is -0.321 e. The predicted octanol–water partition coefficient (Wildman–Crippen LogP) is 5.11. The van der Waals surface area contributed by atoms with Gasteiger partial charge in [0.05, 0.1) is 25.7 Å². The van der Waals surface area contributed by atoms with Crippen LogP contribution in [0.2, 0.25) is 0 Å². The molecule has 0 unspecified atom stereocenters. The van der Waals surface area contributed by atoms with Crippen molar-refractivity contribution < 1.29 is 13.2 Å². The number of thiophene rings is 1. The van der Waals surface area contributed by atoms with Gasteiger partial charge in [0.25, 0.3) is 15.9 Å². The van der Waals surface area contributed by atoms with Crippen LogP contribution in [-0.2, 0) is 10.0 Å². The van der Waals surface area contributed by atoms with Gasteiger partial charge in [0, 0.05) is 5.69 Å². The number of aromatic nitrogens is 3. The van der Waals surface area contributed by atoms with E-state index in [1.165, 1.54) is 11.3 Å². The summed E-state index contributed by atoms with van der Waals surface area (Å²) in [6.07, 6.45) is 0. The van der Waals surface area contributed by atoms with Crippen molar-refractivity contribution >= 4 is 59.6 Å². The highest BCUT2D eigenvalue weighted by atomic mass is 32.2. The van der Waals surface area contributed by atoms with Crippen LogP contribution in [0.4, 0.5) is 10.8 Å². The first-order valence-corrected chi connectivity index (χ1v) is 13.0. The van der Waals surface area contributed by atoms with Gasteiger partial charge in [0.2, 0.25) is 0 Å². The van der Waals surface area contributed by atoms with Crippen molar-refractivity contribution in [3.05, 3.63) is 77.3 Å². The molecule has 11 heteroatoms. The molecule has 0 saturated heterocycles. The number of sulfonamides is 1. The van der Waals surface area contributed by atoms with Gasteiger partial charge >= 0.3 is 0 Å². The maximum Gasteiger partial charge on any atom is 0.276 e. The van der Waals surface area contributed by atoms with Gasteiger partial charge in [0.15, 0.2) is 10.8 Å². The summed E-state index contributed by atoms with van der Waals surface area (Å²) >= 11 is 2.74. The lowest BCUT2D eigenvalue weighted by Gasteiger charge is -2.04. The molecule has 0 fully saturated rings. The molecule has 5 aromatic rings. The number of rotatable bonds is 6. The lowest BCUT2D eigenvalue weighted by atomic mass is 10.2. The van der Waals surface area contributed by atoms with E-state index in [0.29, 0.717) is 11.2 Å². The second-order valence-electron chi connectivity index (χ2n) is 7.22. The molecule has 8 nitrogen and oxygen atoms in total. The number of H-pyrrole nitrogens is 1. The van der Waals surface area contributed by atoms with E-state index < -0.39 is 10.0 Å². The number of hydrogen-bond acceptors (Lipinski definition) is 7. The Hall–Kier alpha value is -3.54. The number of anilines is 2. The van der Waals surface area contributed by atoms with Gasteiger partial charge in [-0.15, -0.1) is 11.3 Å². The van der Waals surface area contributed by atoms with Gasteiger partial charge < -0.3 is 5.32 Å². The molecular formula is C22H17N5O3S3. The number of nitrogens with zero attached hydrogens (tertiary/aromatic N) is 2. The van der Waals surface area contributed by atoms with Crippen molar-refractivity contribution in [2.45, 2.75) is 11.8 Å². The number of benzene rings is 2. The van der Waals surface area contributed by atoms with Crippen molar-refractivity contribution in [2.75, 3.05) is 10.0 Å². The third-order valence-corrected chi connectivity index (χ3v) is 8.12. The van der Waals surface area contributed by atoms with Crippen molar-refractivity contribution in [3.63, 3.8) is 0 Å². The smallest absolute Gasteiger partial charge is 0.276 e. The number of carbonyl (C=O) groups is 1. The highest BCUT2D eigenvalue weighted by molar-refractivity contribution is 7.93. The molecule has 166 valence electrons. The Balaban J connectivity index is 1.33. The van der Waals surface area contributed by atoms with Gasteiger partial charge in [0.1, 0.15) is 0 Å². The molecule has 0 atom stereocenters. The second kappa shape index (κ2) is 8.43. The standard InChI is InChI=1S/C22H17N5O3S3/c1-13-4-7-15(8-5-13)33(29,30)27-22-24-16-9-6-14(11-20(16)32-22)23-21(28)18-12-17(25-26-18)19-3-2-10-31-19/h2-12H,1H3,(H,23,28)(H,24,27)(H,25,26). The largest absolute Gasteiger partial charge is 0.321 e. The molecule has 3 N–H and O–H groups in total. The first kappa shape index (κ1) is 21.3. The summed E-state index contributed by atoms with van der Waals surface area (Å²) in [4.78, 5) is 18.1. The summed E-state index contributed by atoms with van der Waals surface area (Å²) < 4.78 is 28.5. The fourth-order valence-corrected chi connectivity index (χ4v) is 5.96. The lowest BCUT2D eigenvalue weighted by molar-refractivity contribution is 0.102. The molecule has 33 heavy (non-hydrogen) atoms. The summed E-state index contributed by atoms with van der Waals surface area (Å²) in [7, 11) is -3.74. The molecule has 3 heterocycles. The first-order valence-electron chi connectivity index (χ1n) is 9.78. The Morgan fingerprint density at radius 3 is 2.64 bits per heavy atom. The molecule has 0 saturated carbocycles. The summed E-state index contributed by atoms with van der Waals surface area (Å²) in [5, 5.41) is 12.0. The summed E-state index contributed by atoms with van der Waals surface area (Å²) in [6.45, 7) is 1.89. The van der Waals surface area contributed by atoms with Crippen molar-refractivity contribution in [1.29, 1.82) is 0 Å². The van der Waals surface area contributed by atoms with Gasteiger partial charge in [-0.3, -0.25) is 14.6 Å². The Morgan fingerprint density at radius 1 is 1.06 bits per heavy atom. The minimum atomic E-state index is -3.74. The van der Waals surface area contributed by atoms with Crippen LogP contribution in [0, 0.1) is 6.92 Å². The van der Waals surface area contributed by atoms with Crippen LogP contribution in [0.3, 0.4) is 0 Å². The normalized spacial score (nSPS) is 11.5. The molecular weight excluding hydrogens is 478 g/mol. The van der Waals surface area contributed by atoms with E-state index in [2.05, 4.69) is 25.2 Å². The highest BCUT2D eigenvalue weighted by Crippen LogP contribution is 2.30. The van der Waals surface area contributed by atoms with E-state index in [-0.39, 0.29) is 21.6 Å². The van der Waals surface area contributed by atoms with E-state index in [4.69, 9.17) is 0 Å². The number of thiazole rings is 1. The maximum atomic E-state index is 12.6. The molecule has 5 rings (SSSR count). The Morgan fingerprint density at radius 2 is 1.88 bits per heavy atom. The molecule has 1 amide bonds. The van der Waals surface area contributed by atoms with E-state index in [1.54, 1.807) is 59.9 Å². The average molecular weight is 496 g/mol. The molecule has 0 aliphatic carbocycles. The van der Waals surface area contributed by atoms with Crippen molar-refractivity contribution in [3.8, 4) is 10.6 Å². The molecule has 3 aromatic heterocycles. The Labute approximate surface area is 197 Å². The lowest BCUT2D eigenvalue weighted by Crippen LogP contribution is -2.12. The van der Waals surface area contributed by atoms with Crippen LogP contribution < -0.4 is 10.0 Å². The van der Waals surface area contributed by atoms with Crippen LogP contribution in [0.1, 0.15) is 16.1 Å². The summed E-state index contributed by atoms with van der Waals surface area (Å²) in [5.41, 5.74) is 3.21. The fourth-order valence-electron chi connectivity index (χ4n) is 3.13. The number of aryl methyl sites for hydroxylation is 1. The minimum absolute atomic E-state index is 0.168. The van der Waals surface area contributed by atoms with Crippen LogP contribution >= 0.6 is 22.7 Å². The van der Waals surface area contributed by atoms with Gasteiger partial charge in [-0.2, -0.15) is 5.10 Å². The molecule has 2 aromatic carbocycles. The number of nitrogens with one attached hydrogen (secondary N) is 3. The van der Waals surface area contributed by atoms with Crippen LogP contribution in [0.5, 0.6) is 0 Å². The third kappa shape index (κ3) is 4.51. The van der Waals surface area contributed by atoms with Crippen molar-refractivity contribution in [2.24, 2.45) is 0 Å². The molecule has 0 radical (unpaired) electrons. The van der Waals surface area contributed by atoms with Crippen LogP contribution in [-0.4, -0.2) is 29.5 Å². The molecule has 0 spiro atoms. The second-order valence-corrected chi connectivity index (χ2v) is 10.9. The third-order valence-electron chi connectivity index (χ3n) is 4.80. The van der Waals surface area contributed by atoms with E-state index in [1.807, 2.05) is 24.4 Å². The average Bonchev–Trinajstić information content (AvgIpc) is 3.53. The number of aromatic amines is 1. The predicted molar refractivity (Wildman–Crippen MR) is 131 cm³/mol. The van der Waals surface area contributed by atoms with E-state index >= 15 is 0 Å². The van der Waals surface area contributed by atoms with Crippen molar-refractivity contribution in [1.82, 2.24) is 15.2 Å². The zero-order valence-corrected chi connectivity index (χ0v) is 19.6. The number of amides is 1. The number of hydrogen-bond donors (Lipinski definition) is 3. The van der Waals surface area contributed by atoms with Gasteiger partial charge in [-0.1, -0.05) is 35.1 Å². The van der Waals surface area contributed by atoms with Gasteiger partial charge in [-0.25, -0.2) is 13.4 Å². The van der Waals surface area contributed by atoms with Crippen LogP contribution in [0.15, 0.2) is 70.9 Å². The molecule has 0 bridgehead atoms. The fraction of sp³-hybridized carbons (Fsp3) is 0.0455. The van der Waals surface area contributed by atoms with E-state index in [0.717, 1.165) is 20.8 Å². The Kier molecular flexibility index (Phi) is 5.44. The monoisotopic (exact) mass is 495 g/mol. The topological polar surface area (TPSA) is 117 Å². The molecule has 0 aliphatic rings. The summed E-state index contributed by atoms with van der Waals surface area (Å²) in [5.74, 6) is -0.349. The van der Waals surface area contributed by atoms with Crippen LogP contribution in [0.25, 0.3) is 20.8 Å². The number of fused-ring (bicyclic) bond motifs is 1. The maximum absolute atomic E-state index is 12.6. The summed E-state index contributed by atoms with van der Waals surface area (Å²) in [6, 6.07) is 17.4. The quantitative estimate of drug-likeness (QED) is 0.303.